The third-order valence-corrected chi connectivity index (χ3v) is 7.14. The predicted molar refractivity (Wildman–Crippen MR) is 162 cm³/mol. The van der Waals surface area contributed by atoms with Crippen molar-refractivity contribution in [1.29, 1.82) is 10.5 Å². The first kappa shape index (κ1) is 32.5. The second-order valence-electron chi connectivity index (χ2n) is 9.91. The molecular weight excluding hydrogens is 608 g/mol. The number of nitrogens with two attached hydrogens (primary N) is 1. The minimum Gasteiger partial charge on any atom is -0.457 e. The van der Waals surface area contributed by atoms with Crippen LogP contribution in [0.1, 0.15) is 31.5 Å². The molecule has 3 aromatic rings. The number of carbonyl (C=O) groups is 3. The van der Waals surface area contributed by atoms with Gasteiger partial charge in [0.2, 0.25) is 11.9 Å². The van der Waals surface area contributed by atoms with Gasteiger partial charge >= 0.3 is 12.1 Å². The summed E-state index contributed by atoms with van der Waals surface area (Å²) in [5, 5.41) is 35.1. The lowest BCUT2D eigenvalue weighted by Crippen LogP contribution is -2.56. The normalized spacial score (nSPS) is 16.6. The van der Waals surface area contributed by atoms with Gasteiger partial charge in [-0.15, -0.1) is 5.10 Å². The van der Waals surface area contributed by atoms with Crippen LogP contribution in [0.25, 0.3) is 5.65 Å². The topological polar surface area (TPSA) is 238 Å². The van der Waals surface area contributed by atoms with Crippen LogP contribution in [0, 0.1) is 22.7 Å². The Morgan fingerprint density at radius 3 is 2.71 bits per heavy atom. The molecule has 0 aliphatic carbocycles. The van der Waals surface area contributed by atoms with Crippen molar-refractivity contribution in [3.8, 4) is 12.1 Å². The zero-order chi connectivity index (χ0) is 32.7. The monoisotopic (exact) mass is 638 g/mol. The maximum Gasteiger partial charge on any atom is 0.407 e. The number of imidazole rings is 1. The van der Waals surface area contributed by atoms with Gasteiger partial charge in [0.25, 0.3) is 0 Å². The number of aromatic nitrogens is 4. The number of alkyl carbamates (subject to hydrolysis) is 1. The number of hydrogen-bond donors (Lipinski definition) is 5. The van der Waals surface area contributed by atoms with Crippen molar-refractivity contribution in [3.05, 3.63) is 34.6 Å². The number of ether oxygens (including phenoxy) is 2. The third-order valence-electron chi connectivity index (χ3n) is 6.74. The number of anilines is 4. The van der Waals surface area contributed by atoms with Gasteiger partial charge in [0.05, 0.1) is 60.0 Å². The summed E-state index contributed by atoms with van der Waals surface area (Å²) >= 11 is 6.88. The number of rotatable bonds is 10. The number of nitrogens with zero attached hydrogens (tertiary/aromatic N) is 7. The first-order valence-corrected chi connectivity index (χ1v) is 14.2. The molecule has 1 fully saturated rings. The molecule has 0 radical (unpaired) electrons. The first-order chi connectivity index (χ1) is 21.6. The molecular formula is C27H31ClN12O5. The molecule has 1 aliphatic rings. The van der Waals surface area contributed by atoms with Gasteiger partial charge in [-0.1, -0.05) is 11.6 Å². The molecule has 1 aliphatic heterocycles. The van der Waals surface area contributed by atoms with Gasteiger partial charge in [-0.2, -0.15) is 20.0 Å². The molecule has 0 saturated carbocycles. The van der Waals surface area contributed by atoms with Crippen molar-refractivity contribution in [2.45, 2.75) is 38.5 Å². The molecule has 236 valence electrons. The lowest BCUT2D eigenvalue weighted by atomic mass is 10.0. The van der Waals surface area contributed by atoms with Crippen molar-refractivity contribution in [2.24, 2.45) is 5.73 Å². The van der Waals surface area contributed by atoms with Crippen LogP contribution in [-0.4, -0.2) is 89.0 Å². The number of halogens is 1. The molecule has 6 N–H and O–H groups in total. The number of nitriles is 2. The molecule has 1 saturated heterocycles. The molecule has 0 bridgehead atoms. The highest BCUT2D eigenvalue weighted by Crippen LogP contribution is 2.37. The molecule has 0 spiro atoms. The maximum absolute atomic E-state index is 12.6. The van der Waals surface area contributed by atoms with E-state index in [1.54, 1.807) is 11.0 Å². The number of hydrogen-bond acceptors (Lipinski definition) is 14. The number of benzene rings is 1. The Balaban J connectivity index is 1.63. The predicted octanol–water partition coefficient (Wildman–Crippen LogP) is 1.01. The van der Waals surface area contributed by atoms with Crippen LogP contribution in [0.2, 0.25) is 5.02 Å². The summed E-state index contributed by atoms with van der Waals surface area (Å²) in [4.78, 5) is 47.0. The Hall–Kier alpha value is -5.39. The third kappa shape index (κ3) is 7.58. The Kier molecular flexibility index (Phi) is 10.4. The summed E-state index contributed by atoms with van der Waals surface area (Å²) in [6, 6.07) is 5.81. The second-order valence-corrected chi connectivity index (χ2v) is 10.3. The Morgan fingerprint density at radius 2 is 2.04 bits per heavy atom. The Labute approximate surface area is 262 Å². The molecule has 18 heteroatoms. The van der Waals surface area contributed by atoms with Gasteiger partial charge in [0, 0.05) is 13.1 Å². The van der Waals surface area contributed by atoms with Gasteiger partial charge in [0.1, 0.15) is 18.7 Å². The van der Waals surface area contributed by atoms with Gasteiger partial charge < -0.3 is 41.4 Å². The summed E-state index contributed by atoms with van der Waals surface area (Å²) in [7, 11) is 1.22. The number of methoxy groups -OCH3 is 1. The van der Waals surface area contributed by atoms with Crippen LogP contribution < -0.4 is 31.9 Å². The summed E-state index contributed by atoms with van der Waals surface area (Å²) in [5.41, 5.74) is 7.07. The van der Waals surface area contributed by atoms with Crippen molar-refractivity contribution >= 4 is 58.4 Å². The van der Waals surface area contributed by atoms with Gasteiger partial charge in [-0.3, -0.25) is 9.59 Å². The highest BCUT2D eigenvalue weighted by molar-refractivity contribution is 6.36. The smallest absolute Gasteiger partial charge is 0.407 e. The number of fused-ring (bicyclic) bond motifs is 1. The molecule has 2 aromatic heterocycles. The standard InChI is InChI=1S/C27H31ClN12O5/c1-4-32-23-24-33-11-16(10-30)40(24)38-26(37-23)35-18-7-15(9-29)8-19(22(18)28)39-6-5-17(36-27(43)44-3)20(13-39)45-21(41)12-34-25(42)14(2)31/h7-8,11,14,17,20H,4-6,12-13,31H2,1-3H3,(H,34,42)(H,36,43)(H2,32,35,37,38). The summed E-state index contributed by atoms with van der Waals surface area (Å²) in [5.74, 6) is -0.810. The molecule has 2 amide bonds. The minimum atomic E-state index is -0.880. The SMILES string of the molecule is CCNc1nc(Nc2cc(C#N)cc(N3CCC(NC(=O)OC)C(OC(=O)CNC(=O)C(C)N)C3)c2Cl)nn2c(C#N)cnc12. The van der Waals surface area contributed by atoms with Crippen LogP contribution in [0.5, 0.6) is 0 Å². The van der Waals surface area contributed by atoms with Crippen LogP contribution in [0.15, 0.2) is 18.3 Å². The fourth-order valence-electron chi connectivity index (χ4n) is 4.57. The second kappa shape index (κ2) is 14.4. The average molecular weight is 639 g/mol. The van der Waals surface area contributed by atoms with E-state index >= 15 is 0 Å². The zero-order valence-corrected chi connectivity index (χ0v) is 25.4. The molecule has 3 unspecified atom stereocenters. The number of carbonyl (C=O) groups excluding carboxylic acids is 3. The van der Waals surface area contributed by atoms with E-state index in [2.05, 4.69) is 42.4 Å². The van der Waals surface area contributed by atoms with Crippen molar-refractivity contribution in [2.75, 3.05) is 48.8 Å². The van der Waals surface area contributed by atoms with Gasteiger partial charge in [-0.25, -0.2) is 9.78 Å². The van der Waals surface area contributed by atoms with E-state index in [9.17, 15) is 24.9 Å². The fraction of sp³-hybridized carbons (Fsp3) is 0.407. The number of nitrogens with one attached hydrogen (secondary N) is 4. The van der Waals surface area contributed by atoms with Crippen LogP contribution in [0.4, 0.5) is 27.9 Å². The molecule has 3 atom stereocenters. The van der Waals surface area contributed by atoms with E-state index in [1.165, 1.54) is 30.8 Å². The molecule has 4 rings (SSSR count). The Morgan fingerprint density at radius 1 is 1.27 bits per heavy atom. The summed E-state index contributed by atoms with van der Waals surface area (Å²) < 4.78 is 11.7. The van der Waals surface area contributed by atoms with E-state index in [1.807, 2.05) is 13.0 Å². The summed E-state index contributed by atoms with van der Waals surface area (Å²) in [6.07, 6.45) is 0.111. The molecule has 1 aromatic carbocycles. The van der Waals surface area contributed by atoms with E-state index < -0.39 is 42.7 Å². The van der Waals surface area contributed by atoms with E-state index in [0.29, 0.717) is 42.4 Å². The average Bonchev–Trinajstić information content (AvgIpc) is 3.45. The van der Waals surface area contributed by atoms with Gasteiger partial charge in [0.15, 0.2) is 17.2 Å². The van der Waals surface area contributed by atoms with Crippen molar-refractivity contribution in [3.63, 3.8) is 0 Å². The minimum absolute atomic E-state index is 0.0727. The largest absolute Gasteiger partial charge is 0.457 e. The molecule has 17 nitrogen and oxygen atoms in total. The van der Waals surface area contributed by atoms with Gasteiger partial charge in [-0.05, 0) is 32.4 Å². The van der Waals surface area contributed by atoms with E-state index in [4.69, 9.17) is 26.8 Å². The lowest BCUT2D eigenvalue weighted by Gasteiger charge is -2.39. The first-order valence-electron chi connectivity index (χ1n) is 13.8. The number of esters is 1. The molecule has 3 heterocycles. The number of amides is 2. The maximum atomic E-state index is 12.6. The van der Waals surface area contributed by atoms with Crippen LogP contribution >= 0.6 is 11.6 Å². The quantitative estimate of drug-likeness (QED) is 0.195. The van der Waals surface area contributed by atoms with Crippen LogP contribution in [0.3, 0.4) is 0 Å². The zero-order valence-electron chi connectivity index (χ0n) is 24.6. The molecule has 45 heavy (non-hydrogen) atoms. The van der Waals surface area contributed by atoms with Crippen molar-refractivity contribution in [1.82, 2.24) is 30.2 Å². The highest BCUT2D eigenvalue weighted by atomic mass is 35.5. The Bertz CT molecular complexity index is 1680. The fourth-order valence-corrected chi connectivity index (χ4v) is 4.85. The highest BCUT2D eigenvalue weighted by Gasteiger charge is 2.35. The van der Waals surface area contributed by atoms with Crippen molar-refractivity contribution < 1.29 is 23.9 Å². The summed E-state index contributed by atoms with van der Waals surface area (Å²) in [6.45, 7) is 3.88. The lowest BCUT2D eigenvalue weighted by molar-refractivity contribution is -0.150. The van der Waals surface area contributed by atoms with E-state index in [0.717, 1.165) is 0 Å². The van der Waals surface area contributed by atoms with E-state index in [-0.39, 0.29) is 28.8 Å². The number of piperidine rings is 1. The van der Waals surface area contributed by atoms with Crippen LogP contribution in [-0.2, 0) is 19.1 Å².